The van der Waals surface area contributed by atoms with Crippen molar-refractivity contribution >= 4 is 11.3 Å². The molecule has 1 aromatic heterocycles. The summed E-state index contributed by atoms with van der Waals surface area (Å²) in [5.74, 6) is -0.287. The van der Waals surface area contributed by atoms with Crippen molar-refractivity contribution in [3.05, 3.63) is 64.2 Å². The molecule has 0 radical (unpaired) electrons. The number of ether oxygens (including phenoxy) is 1. The summed E-state index contributed by atoms with van der Waals surface area (Å²) in [6.45, 7) is 1.25. The number of halogens is 6. The molecule has 0 amide bonds. The van der Waals surface area contributed by atoms with E-state index in [-0.39, 0.29) is 22.9 Å². The van der Waals surface area contributed by atoms with Crippen molar-refractivity contribution in [3.8, 4) is 16.3 Å². The van der Waals surface area contributed by atoms with E-state index in [4.69, 9.17) is 10.5 Å². The van der Waals surface area contributed by atoms with Gasteiger partial charge in [-0.25, -0.2) is 0 Å². The highest BCUT2D eigenvalue weighted by atomic mass is 32.1. The third kappa shape index (κ3) is 7.89. The molecule has 1 atom stereocenters. The lowest BCUT2D eigenvalue weighted by atomic mass is 10.0. The standard InChI is InChI=1S/C25H27F6N3O2S/c1-23(32,15-35)22-34-33-21(37-22)17-9-12-20(19(14-17)25(29,30)31)36-13-5-3-2-4-6-16-7-10-18(11-8-16)24(26,27)28/h7-12,14,35H,2-6,13,15,32H2,1H3. The van der Waals surface area contributed by atoms with Gasteiger partial charge in [0.2, 0.25) is 0 Å². The highest BCUT2D eigenvalue weighted by Gasteiger charge is 2.35. The lowest BCUT2D eigenvalue weighted by Crippen LogP contribution is -2.36. The third-order valence-corrected chi connectivity index (χ3v) is 6.92. The Morgan fingerprint density at radius 2 is 1.57 bits per heavy atom. The first-order chi connectivity index (χ1) is 17.3. The quantitative estimate of drug-likeness (QED) is 0.209. The number of aliphatic hydroxyl groups is 1. The zero-order valence-electron chi connectivity index (χ0n) is 20.0. The fourth-order valence-corrected chi connectivity index (χ4v) is 4.36. The Balaban J connectivity index is 1.51. The van der Waals surface area contributed by atoms with Gasteiger partial charge in [-0.15, -0.1) is 10.2 Å². The summed E-state index contributed by atoms with van der Waals surface area (Å²) in [4.78, 5) is 0. The average molecular weight is 548 g/mol. The Kier molecular flexibility index (Phi) is 9.19. The summed E-state index contributed by atoms with van der Waals surface area (Å²) in [7, 11) is 0. The van der Waals surface area contributed by atoms with Crippen LogP contribution < -0.4 is 10.5 Å². The monoisotopic (exact) mass is 547 g/mol. The summed E-state index contributed by atoms with van der Waals surface area (Å²) in [5, 5.41) is 17.7. The van der Waals surface area contributed by atoms with Crippen molar-refractivity contribution in [1.29, 1.82) is 0 Å². The van der Waals surface area contributed by atoms with Crippen LogP contribution in [-0.4, -0.2) is 28.5 Å². The third-order valence-electron chi connectivity index (χ3n) is 5.67. The Morgan fingerprint density at radius 1 is 0.892 bits per heavy atom. The van der Waals surface area contributed by atoms with E-state index in [1.54, 1.807) is 6.92 Å². The molecule has 0 fully saturated rings. The highest BCUT2D eigenvalue weighted by Crippen LogP contribution is 2.40. The van der Waals surface area contributed by atoms with E-state index in [9.17, 15) is 31.4 Å². The first-order valence-electron chi connectivity index (χ1n) is 11.6. The van der Waals surface area contributed by atoms with E-state index in [1.807, 2.05) is 0 Å². The highest BCUT2D eigenvalue weighted by molar-refractivity contribution is 7.14. The number of rotatable bonds is 11. The molecule has 1 unspecified atom stereocenters. The van der Waals surface area contributed by atoms with Crippen LogP contribution in [0.5, 0.6) is 5.75 Å². The molecule has 0 aliphatic rings. The number of aryl methyl sites for hydroxylation is 1. The Labute approximate surface area is 214 Å². The first kappa shape index (κ1) is 28.9. The molecule has 0 aliphatic heterocycles. The number of alkyl halides is 6. The molecule has 5 nitrogen and oxygen atoms in total. The SMILES string of the molecule is CC(N)(CO)c1nnc(-c2ccc(OCCCCCCc3ccc(C(F)(F)F)cc3)c(C(F)(F)F)c2)s1. The average Bonchev–Trinajstić information content (AvgIpc) is 3.34. The number of aliphatic hydroxyl groups excluding tert-OH is 1. The minimum absolute atomic E-state index is 0.0910. The second-order valence-electron chi connectivity index (χ2n) is 8.90. The van der Waals surface area contributed by atoms with Gasteiger partial charge in [0.1, 0.15) is 15.8 Å². The van der Waals surface area contributed by atoms with Gasteiger partial charge in [0.15, 0.2) is 0 Å². The normalized spacial score (nSPS) is 14.0. The second kappa shape index (κ2) is 11.8. The van der Waals surface area contributed by atoms with E-state index in [0.29, 0.717) is 24.3 Å². The van der Waals surface area contributed by atoms with E-state index in [1.165, 1.54) is 24.3 Å². The van der Waals surface area contributed by atoms with Gasteiger partial charge in [0.05, 0.1) is 29.9 Å². The topological polar surface area (TPSA) is 81.3 Å². The van der Waals surface area contributed by atoms with Gasteiger partial charge in [-0.05, 0) is 62.1 Å². The Hall–Kier alpha value is -2.70. The molecule has 2 aromatic carbocycles. The van der Waals surface area contributed by atoms with Crippen molar-refractivity contribution < 1.29 is 36.2 Å². The zero-order valence-corrected chi connectivity index (χ0v) is 20.8. The maximum absolute atomic E-state index is 13.7. The molecule has 0 bridgehead atoms. The molecule has 12 heteroatoms. The van der Waals surface area contributed by atoms with Crippen LogP contribution in [-0.2, 0) is 24.3 Å². The molecule has 0 saturated carbocycles. The van der Waals surface area contributed by atoms with Crippen LogP contribution in [0.15, 0.2) is 42.5 Å². The summed E-state index contributed by atoms with van der Waals surface area (Å²) < 4.78 is 84.4. The Morgan fingerprint density at radius 3 is 2.19 bits per heavy atom. The van der Waals surface area contributed by atoms with Crippen molar-refractivity contribution in [2.75, 3.05) is 13.2 Å². The van der Waals surface area contributed by atoms with Crippen molar-refractivity contribution in [2.45, 2.75) is 56.9 Å². The van der Waals surface area contributed by atoms with Crippen molar-refractivity contribution in [2.24, 2.45) is 5.73 Å². The van der Waals surface area contributed by atoms with E-state index in [0.717, 1.165) is 47.9 Å². The van der Waals surface area contributed by atoms with Gasteiger partial charge < -0.3 is 15.6 Å². The molecule has 37 heavy (non-hydrogen) atoms. The van der Waals surface area contributed by atoms with E-state index < -0.39 is 35.6 Å². The van der Waals surface area contributed by atoms with Crippen LogP contribution in [0.3, 0.4) is 0 Å². The molecule has 0 aliphatic carbocycles. The second-order valence-corrected chi connectivity index (χ2v) is 9.88. The zero-order chi connectivity index (χ0) is 27.3. The van der Waals surface area contributed by atoms with Crippen LogP contribution in [0, 0.1) is 0 Å². The van der Waals surface area contributed by atoms with Crippen LogP contribution >= 0.6 is 11.3 Å². The predicted molar refractivity (Wildman–Crippen MR) is 128 cm³/mol. The number of nitrogens with two attached hydrogens (primary N) is 1. The lowest BCUT2D eigenvalue weighted by Gasteiger charge is -2.17. The number of hydrogen-bond acceptors (Lipinski definition) is 6. The van der Waals surface area contributed by atoms with Gasteiger partial charge in [0.25, 0.3) is 0 Å². The first-order valence-corrected chi connectivity index (χ1v) is 12.4. The molecule has 0 spiro atoms. The molecule has 0 saturated heterocycles. The van der Waals surface area contributed by atoms with Gasteiger partial charge in [-0.2, -0.15) is 26.3 Å². The van der Waals surface area contributed by atoms with E-state index in [2.05, 4.69) is 10.2 Å². The molecule has 3 N–H and O–H groups in total. The minimum atomic E-state index is -4.64. The van der Waals surface area contributed by atoms with Crippen LogP contribution in [0.4, 0.5) is 26.3 Å². The summed E-state index contributed by atoms with van der Waals surface area (Å²) in [5.41, 5.74) is 4.16. The molecule has 202 valence electrons. The number of unbranched alkanes of at least 4 members (excludes halogenated alkanes) is 3. The van der Waals surface area contributed by atoms with Crippen LogP contribution in [0.1, 0.15) is 54.3 Å². The molecule has 3 rings (SSSR count). The predicted octanol–water partition coefficient (Wildman–Crippen LogP) is 6.59. The van der Waals surface area contributed by atoms with Crippen molar-refractivity contribution in [1.82, 2.24) is 10.2 Å². The number of nitrogens with zero attached hydrogens (tertiary/aromatic N) is 2. The summed E-state index contributed by atoms with van der Waals surface area (Å²) in [6, 6.07) is 8.69. The lowest BCUT2D eigenvalue weighted by molar-refractivity contribution is -0.139. The van der Waals surface area contributed by atoms with Gasteiger partial charge in [-0.1, -0.05) is 36.3 Å². The maximum atomic E-state index is 13.7. The summed E-state index contributed by atoms with van der Waals surface area (Å²) >= 11 is 1.01. The fourth-order valence-electron chi connectivity index (χ4n) is 3.48. The maximum Gasteiger partial charge on any atom is 0.419 e. The number of benzene rings is 2. The molecular formula is C25H27F6N3O2S. The fraction of sp³-hybridized carbons (Fsp3) is 0.440. The Bertz CT molecular complexity index is 1160. The number of aromatic nitrogens is 2. The van der Waals surface area contributed by atoms with Gasteiger partial charge in [-0.3, -0.25) is 0 Å². The van der Waals surface area contributed by atoms with Gasteiger partial charge >= 0.3 is 12.4 Å². The minimum Gasteiger partial charge on any atom is -0.493 e. The molecule has 3 aromatic rings. The van der Waals surface area contributed by atoms with E-state index >= 15 is 0 Å². The van der Waals surface area contributed by atoms with Crippen LogP contribution in [0.25, 0.3) is 10.6 Å². The summed E-state index contributed by atoms with van der Waals surface area (Å²) in [6.07, 6.45) is -5.64. The van der Waals surface area contributed by atoms with Gasteiger partial charge in [0, 0.05) is 5.56 Å². The van der Waals surface area contributed by atoms with Crippen molar-refractivity contribution in [3.63, 3.8) is 0 Å². The van der Waals surface area contributed by atoms with Crippen LogP contribution in [0.2, 0.25) is 0 Å². The number of hydrogen-bond donors (Lipinski definition) is 2. The largest absolute Gasteiger partial charge is 0.493 e. The molecular weight excluding hydrogens is 520 g/mol. The smallest absolute Gasteiger partial charge is 0.419 e. The molecule has 1 heterocycles.